The van der Waals surface area contributed by atoms with Gasteiger partial charge < -0.3 is 10.2 Å². The fraction of sp³-hybridized carbons (Fsp3) is 0.667. The van der Waals surface area contributed by atoms with Gasteiger partial charge >= 0.3 is 0 Å². The van der Waals surface area contributed by atoms with Gasteiger partial charge in [-0.25, -0.2) is 4.39 Å². The third-order valence-corrected chi connectivity index (χ3v) is 5.46. The zero-order chi connectivity index (χ0) is 14.8. The number of hydrogen-bond acceptors (Lipinski definition) is 2. The first-order valence-electron chi connectivity index (χ1n) is 8.40. The quantitative estimate of drug-likeness (QED) is 0.888. The van der Waals surface area contributed by atoms with Gasteiger partial charge in [-0.1, -0.05) is 25.1 Å². The highest BCUT2D eigenvalue weighted by molar-refractivity contribution is 5.22. The van der Waals surface area contributed by atoms with Gasteiger partial charge in [0.1, 0.15) is 5.82 Å². The van der Waals surface area contributed by atoms with Gasteiger partial charge in [0.15, 0.2) is 0 Å². The zero-order valence-electron chi connectivity index (χ0n) is 13.2. The lowest BCUT2D eigenvalue weighted by Gasteiger charge is -2.40. The maximum atomic E-state index is 14.3. The van der Waals surface area contributed by atoms with E-state index in [1.165, 1.54) is 25.7 Å². The van der Waals surface area contributed by atoms with Gasteiger partial charge in [-0.3, -0.25) is 0 Å². The van der Waals surface area contributed by atoms with E-state index in [0.717, 1.165) is 18.5 Å². The smallest absolute Gasteiger partial charge is 0.127 e. The van der Waals surface area contributed by atoms with Crippen LogP contribution in [0, 0.1) is 11.7 Å². The lowest BCUT2D eigenvalue weighted by atomic mass is 9.82. The molecule has 116 valence electrons. The van der Waals surface area contributed by atoms with Gasteiger partial charge in [-0.15, -0.1) is 0 Å². The molecule has 0 spiro atoms. The molecule has 2 heterocycles. The highest BCUT2D eigenvalue weighted by atomic mass is 19.1. The summed E-state index contributed by atoms with van der Waals surface area (Å²) in [6.45, 7) is 3.13. The maximum absolute atomic E-state index is 14.3. The van der Waals surface area contributed by atoms with E-state index < -0.39 is 0 Å². The molecule has 2 saturated heterocycles. The summed E-state index contributed by atoms with van der Waals surface area (Å²) in [4.78, 5) is 2.55. The van der Waals surface area contributed by atoms with Crippen LogP contribution in [0.5, 0.6) is 0 Å². The van der Waals surface area contributed by atoms with Crippen molar-refractivity contribution in [1.82, 2.24) is 10.2 Å². The molecular formula is C18H27FN2. The molecule has 2 aliphatic heterocycles. The van der Waals surface area contributed by atoms with Crippen LogP contribution < -0.4 is 5.32 Å². The second kappa shape index (κ2) is 6.45. The second-order valence-corrected chi connectivity index (χ2v) is 6.74. The first-order chi connectivity index (χ1) is 10.2. The van der Waals surface area contributed by atoms with Crippen LogP contribution >= 0.6 is 0 Å². The summed E-state index contributed by atoms with van der Waals surface area (Å²) >= 11 is 0. The molecule has 1 aromatic rings. The summed E-state index contributed by atoms with van der Waals surface area (Å²) in [5, 5.41) is 3.62. The Hall–Kier alpha value is -0.930. The maximum Gasteiger partial charge on any atom is 0.127 e. The molecule has 2 aliphatic rings. The summed E-state index contributed by atoms with van der Waals surface area (Å²) in [6, 6.07) is 8.87. The lowest BCUT2D eigenvalue weighted by molar-refractivity contribution is 0.111. The van der Waals surface area contributed by atoms with E-state index in [1.807, 2.05) is 12.1 Å². The molecule has 1 N–H and O–H groups in total. The number of nitrogens with zero attached hydrogens (tertiary/aromatic N) is 1. The Morgan fingerprint density at radius 2 is 1.90 bits per heavy atom. The Bertz CT molecular complexity index is 462. The van der Waals surface area contributed by atoms with Gasteiger partial charge in [0, 0.05) is 23.7 Å². The van der Waals surface area contributed by atoms with Crippen molar-refractivity contribution in [2.45, 2.75) is 57.2 Å². The van der Waals surface area contributed by atoms with Crippen LogP contribution in [-0.2, 0) is 0 Å². The molecule has 3 unspecified atom stereocenters. The molecule has 0 saturated carbocycles. The number of hydrogen-bond donors (Lipinski definition) is 1. The molecule has 0 amide bonds. The molecule has 2 nitrogen and oxygen atoms in total. The van der Waals surface area contributed by atoms with Gasteiger partial charge in [-0.2, -0.15) is 0 Å². The minimum atomic E-state index is -0.0580. The zero-order valence-corrected chi connectivity index (χ0v) is 13.2. The highest BCUT2D eigenvalue weighted by Crippen LogP contribution is 2.42. The minimum Gasteiger partial charge on any atom is -0.310 e. The summed E-state index contributed by atoms with van der Waals surface area (Å²) < 4.78 is 14.3. The van der Waals surface area contributed by atoms with Crippen molar-refractivity contribution in [1.29, 1.82) is 0 Å². The van der Waals surface area contributed by atoms with Gasteiger partial charge in [0.2, 0.25) is 0 Å². The van der Waals surface area contributed by atoms with Crippen LogP contribution in [0.1, 0.15) is 50.6 Å². The first kappa shape index (κ1) is 15.0. The van der Waals surface area contributed by atoms with E-state index in [0.29, 0.717) is 18.0 Å². The Kier molecular flexibility index (Phi) is 4.60. The fourth-order valence-electron chi connectivity index (χ4n) is 4.28. The van der Waals surface area contributed by atoms with E-state index >= 15 is 0 Å². The minimum absolute atomic E-state index is 0.0580. The normalized spacial score (nSPS) is 30.5. The van der Waals surface area contributed by atoms with Gasteiger partial charge in [0.25, 0.3) is 0 Å². The van der Waals surface area contributed by atoms with Crippen molar-refractivity contribution in [3.05, 3.63) is 35.6 Å². The van der Waals surface area contributed by atoms with Crippen molar-refractivity contribution in [2.75, 3.05) is 13.6 Å². The number of piperidine rings is 1. The molecule has 0 aliphatic carbocycles. The van der Waals surface area contributed by atoms with E-state index in [1.54, 1.807) is 12.1 Å². The third-order valence-electron chi connectivity index (χ3n) is 5.46. The predicted molar refractivity (Wildman–Crippen MR) is 84.7 cm³/mol. The van der Waals surface area contributed by atoms with E-state index in [-0.39, 0.29) is 11.9 Å². The highest BCUT2D eigenvalue weighted by Gasteiger charge is 2.41. The van der Waals surface area contributed by atoms with Crippen LogP contribution in [0.3, 0.4) is 0 Å². The predicted octanol–water partition coefficient (Wildman–Crippen LogP) is 3.74. The number of benzene rings is 1. The van der Waals surface area contributed by atoms with Crippen molar-refractivity contribution >= 4 is 0 Å². The standard InChI is InChI=1S/C18H27FN2/c1-3-10-20-18(16-6-4-5-7-17(16)19)13-11-14-8-9-15(12-13)21(14)2/h4-7,13-15,18,20H,3,8-12H2,1-2H3. The largest absolute Gasteiger partial charge is 0.310 e. The van der Waals surface area contributed by atoms with Crippen LogP contribution in [0.25, 0.3) is 0 Å². The Labute approximate surface area is 127 Å². The average Bonchev–Trinajstić information content (AvgIpc) is 2.72. The van der Waals surface area contributed by atoms with Crippen LogP contribution in [0.2, 0.25) is 0 Å². The van der Waals surface area contributed by atoms with Crippen molar-refractivity contribution in [3.8, 4) is 0 Å². The van der Waals surface area contributed by atoms with Gasteiger partial charge in [-0.05, 0) is 57.7 Å². The number of rotatable bonds is 5. The molecule has 21 heavy (non-hydrogen) atoms. The van der Waals surface area contributed by atoms with Crippen molar-refractivity contribution < 1.29 is 4.39 Å². The Morgan fingerprint density at radius 3 is 2.52 bits per heavy atom. The van der Waals surface area contributed by atoms with Crippen molar-refractivity contribution in [3.63, 3.8) is 0 Å². The molecule has 3 heteroatoms. The molecule has 1 aromatic carbocycles. The molecule has 3 rings (SSSR count). The summed E-state index contributed by atoms with van der Waals surface area (Å²) in [7, 11) is 2.26. The van der Waals surface area contributed by atoms with E-state index in [4.69, 9.17) is 0 Å². The van der Waals surface area contributed by atoms with Crippen LogP contribution in [0.15, 0.2) is 24.3 Å². The summed E-state index contributed by atoms with van der Waals surface area (Å²) in [6.07, 6.45) is 6.11. The lowest BCUT2D eigenvalue weighted by Crippen LogP contribution is -2.44. The van der Waals surface area contributed by atoms with Crippen LogP contribution in [-0.4, -0.2) is 30.6 Å². The summed E-state index contributed by atoms with van der Waals surface area (Å²) in [5.74, 6) is 0.500. The third kappa shape index (κ3) is 3.00. The molecular weight excluding hydrogens is 263 g/mol. The Balaban J connectivity index is 1.81. The Morgan fingerprint density at radius 1 is 1.24 bits per heavy atom. The SMILES string of the molecule is CCCNC(c1ccccc1F)C1CC2CCC(C1)N2C. The molecule has 2 bridgehead atoms. The molecule has 0 aromatic heterocycles. The number of halogens is 1. The van der Waals surface area contributed by atoms with Crippen LogP contribution in [0.4, 0.5) is 4.39 Å². The fourth-order valence-corrected chi connectivity index (χ4v) is 4.28. The second-order valence-electron chi connectivity index (χ2n) is 6.74. The van der Waals surface area contributed by atoms with E-state index in [2.05, 4.69) is 24.2 Å². The molecule has 3 atom stereocenters. The number of nitrogens with one attached hydrogen (secondary N) is 1. The van der Waals surface area contributed by atoms with Crippen molar-refractivity contribution in [2.24, 2.45) is 5.92 Å². The number of fused-ring (bicyclic) bond motifs is 2. The first-order valence-corrected chi connectivity index (χ1v) is 8.40. The molecule has 2 fully saturated rings. The van der Waals surface area contributed by atoms with E-state index in [9.17, 15) is 4.39 Å². The molecule has 0 radical (unpaired) electrons. The van der Waals surface area contributed by atoms with Gasteiger partial charge in [0.05, 0.1) is 0 Å². The summed E-state index contributed by atoms with van der Waals surface area (Å²) in [5.41, 5.74) is 0.861. The topological polar surface area (TPSA) is 15.3 Å². The monoisotopic (exact) mass is 290 g/mol. The average molecular weight is 290 g/mol.